The molecule has 4 heteroatoms. The number of nitrogen functional groups attached to an aromatic ring is 1. The lowest BCUT2D eigenvalue weighted by Crippen LogP contribution is -2.21. The first-order valence-electron chi connectivity index (χ1n) is 4.71. The molecule has 0 saturated heterocycles. The highest BCUT2D eigenvalue weighted by Crippen LogP contribution is 2.05. The molecule has 0 aliphatic heterocycles. The summed E-state index contributed by atoms with van der Waals surface area (Å²) in [6, 6.07) is 3.52. The van der Waals surface area contributed by atoms with Crippen LogP contribution in [0.15, 0.2) is 30.0 Å². The predicted octanol–water partition coefficient (Wildman–Crippen LogP) is 1.25. The second kappa shape index (κ2) is 5.14. The van der Waals surface area contributed by atoms with Crippen molar-refractivity contribution < 1.29 is 4.79 Å². The van der Waals surface area contributed by atoms with Crippen molar-refractivity contribution in [2.24, 2.45) is 0 Å². The summed E-state index contributed by atoms with van der Waals surface area (Å²) in [6.45, 7) is 4.10. The minimum atomic E-state index is -0.125. The third-order valence-electron chi connectivity index (χ3n) is 1.78. The van der Waals surface area contributed by atoms with Crippen molar-refractivity contribution in [2.75, 3.05) is 5.73 Å². The highest BCUT2D eigenvalue weighted by molar-refractivity contribution is 5.88. The fourth-order valence-electron chi connectivity index (χ4n) is 1.08. The lowest BCUT2D eigenvalue weighted by molar-refractivity contribution is -0.116. The Hall–Kier alpha value is -1.84. The van der Waals surface area contributed by atoms with Crippen LogP contribution in [-0.2, 0) is 11.3 Å². The second-order valence-electron chi connectivity index (χ2n) is 3.48. The second-order valence-corrected chi connectivity index (χ2v) is 3.48. The summed E-state index contributed by atoms with van der Waals surface area (Å²) in [5.74, 6) is -0.125. The lowest BCUT2D eigenvalue weighted by atomic mass is 10.3. The summed E-state index contributed by atoms with van der Waals surface area (Å²) in [6.07, 6.45) is 3.19. The number of pyridine rings is 1. The summed E-state index contributed by atoms with van der Waals surface area (Å²) in [5.41, 5.74) is 7.92. The molecule has 0 aromatic carbocycles. The fourth-order valence-corrected chi connectivity index (χ4v) is 1.08. The number of aromatic nitrogens is 1. The van der Waals surface area contributed by atoms with Crippen LogP contribution in [0.1, 0.15) is 19.5 Å². The van der Waals surface area contributed by atoms with Crippen LogP contribution in [0.25, 0.3) is 0 Å². The van der Waals surface area contributed by atoms with Gasteiger partial charge >= 0.3 is 0 Å². The van der Waals surface area contributed by atoms with Gasteiger partial charge in [-0.25, -0.2) is 0 Å². The molecule has 0 spiro atoms. The standard InChI is InChI=1S/C11H15N3O/c1-8(2)6-11(15)14-7-10-9(12)4-3-5-13-10/h3-6H,7,12H2,1-2H3,(H,14,15). The van der Waals surface area contributed by atoms with Crippen molar-refractivity contribution in [1.82, 2.24) is 10.3 Å². The van der Waals surface area contributed by atoms with Crippen LogP contribution in [-0.4, -0.2) is 10.9 Å². The number of hydrogen-bond acceptors (Lipinski definition) is 3. The van der Waals surface area contributed by atoms with E-state index < -0.39 is 0 Å². The molecule has 0 atom stereocenters. The van der Waals surface area contributed by atoms with Crippen molar-refractivity contribution in [2.45, 2.75) is 20.4 Å². The molecule has 0 unspecified atom stereocenters. The van der Waals surface area contributed by atoms with Crippen molar-refractivity contribution >= 4 is 11.6 Å². The van der Waals surface area contributed by atoms with Crippen LogP contribution >= 0.6 is 0 Å². The molecule has 80 valence electrons. The maximum absolute atomic E-state index is 11.3. The van der Waals surface area contributed by atoms with Crippen molar-refractivity contribution in [1.29, 1.82) is 0 Å². The zero-order valence-corrected chi connectivity index (χ0v) is 8.95. The third kappa shape index (κ3) is 3.81. The van der Waals surface area contributed by atoms with Gasteiger partial charge in [0.25, 0.3) is 0 Å². The monoisotopic (exact) mass is 205 g/mol. The molecule has 1 aromatic heterocycles. The Morgan fingerprint density at radius 2 is 2.33 bits per heavy atom. The minimum absolute atomic E-state index is 0.125. The first kappa shape index (κ1) is 11.2. The van der Waals surface area contributed by atoms with Gasteiger partial charge in [-0.1, -0.05) is 5.57 Å². The number of allylic oxidation sites excluding steroid dienone is 1. The predicted molar refractivity (Wildman–Crippen MR) is 59.9 cm³/mol. The summed E-state index contributed by atoms with van der Waals surface area (Å²) in [5, 5.41) is 2.71. The van der Waals surface area contributed by atoms with E-state index in [1.54, 1.807) is 24.4 Å². The van der Waals surface area contributed by atoms with Crippen molar-refractivity contribution in [3.8, 4) is 0 Å². The van der Waals surface area contributed by atoms with Crippen LogP contribution in [0.2, 0.25) is 0 Å². The maximum atomic E-state index is 11.3. The molecule has 0 bridgehead atoms. The van der Waals surface area contributed by atoms with Crippen LogP contribution < -0.4 is 11.1 Å². The molecule has 0 aliphatic carbocycles. The smallest absolute Gasteiger partial charge is 0.244 e. The molecule has 4 nitrogen and oxygen atoms in total. The molecular weight excluding hydrogens is 190 g/mol. The number of nitrogens with two attached hydrogens (primary N) is 1. The van der Waals surface area contributed by atoms with Crippen molar-refractivity contribution in [3.63, 3.8) is 0 Å². The number of carbonyl (C=O) groups excluding carboxylic acids is 1. The number of amides is 1. The Morgan fingerprint density at radius 1 is 1.60 bits per heavy atom. The molecule has 1 aromatic rings. The van der Waals surface area contributed by atoms with E-state index in [0.29, 0.717) is 17.9 Å². The van der Waals surface area contributed by atoms with Crippen LogP contribution in [0.5, 0.6) is 0 Å². The summed E-state index contributed by atoms with van der Waals surface area (Å²) < 4.78 is 0. The van der Waals surface area contributed by atoms with E-state index in [-0.39, 0.29) is 5.91 Å². The van der Waals surface area contributed by atoms with E-state index in [0.717, 1.165) is 5.57 Å². The first-order valence-corrected chi connectivity index (χ1v) is 4.71. The number of anilines is 1. The van der Waals surface area contributed by atoms with E-state index in [1.165, 1.54) is 0 Å². The minimum Gasteiger partial charge on any atom is -0.397 e. The Bertz CT molecular complexity index is 381. The number of carbonyl (C=O) groups is 1. The van der Waals surface area contributed by atoms with E-state index in [4.69, 9.17) is 5.73 Å². The number of nitrogens with zero attached hydrogens (tertiary/aromatic N) is 1. The first-order chi connectivity index (χ1) is 7.09. The van der Waals surface area contributed by atoms with E-state index in [1.807, 2.05) is 13.8 Å². The highest BCUT2D eigenvalue weighted by Gasteiger charge is 2.01. The fraction of sp³-hybridized carbons (Fsp3) is 0.273. The van der Waals surface area contributed by atoms with Gasteiger partial charge in [-0.2, -0.15) is 0 Å². The molecule has 1 amide bonds. The molecule has 0 fully saturated rings. The lowest BCUT2D eigenvalue weighted by Gasteiger charge is -2.04. The Morgan fingerprint density at radius 3 is 2.93 bits per heavy atom. The molecule has 0 radical (unpaired) electrons. The normalized spacial score (nSPS) is 9.47. The zero-order valence-electron chi connectivity index (χ0n) is 8.95. The molecule has 1 rings (SSSR count). The number of hydrogen-bond donors (Lipinski definition) is 2. The Balaban J connectivity index is 2.55. The van der Waals surface area contributed by atoms with E-state index in [2.05, 4.69) is 10.3 Å². The summed E-state index contributed by atoms with van der Waals surface area (Å²) >= 11 is 0. The Labute approximate surface area is 89.2 Å². The summed E-state index contributed by atoms with van der Waals surface area (Å²) in [7, 11) is 0. The van der Waals surface area contributed by atoms with Gasteiger partial charge in [-0.15, -0.1) is 0 Å². The number of rotatable bonds is 3. The summed E-state index contributed by atoms with van der Waals surface area (Å²) in [4.78, 5) is 15.4. The quantitative estimate of drug-likeness (QED) is 0.730. The topological polar surface area (TPSA) is 68.0 Å². The highest BCUT2D eigenvalue weighted by atomic mass is 16.1. The third-order valence-corrected chi connectivity index (χ3v) is 1.78. The van der Waals surface area contributed by atoms with Crippen LogP contribution in [0, 0.1) is 0 Å². The van der Waals surface area contributed by atoms with Gasteiger partial charge in [0.05, 0.1) is 17.9 Å². The zero-order chi connectivity index (χ0) is 11.3. The van der Waals surface area contributed by atoms with Gasteiger partial charge in [-0.3, -0.25) is 9.78 Å². The maximum Gasteiger partial charge on any atom is 0.244 e. The average Bonchev–Trinajstić information content (AvgIpc) is 2.15. The van der Waals surface area contributed by atoms with Gasteiger partial charge in [0.1, 0.15) is 0 Å². The van der Waals surface area contributed by atoms with Crippen LogP contribution in [0.4, 0.5) is 5.69 Å². The SMILES string of the molecule is CC(C)=CC(=O)NCc1ncccc1N. The molecule has 1 heterocycles. The molecule has 0 aliphatic rings. The Kier molecular flexibility index (Phi) is 3.85. The molecular formula is C11H15N3O. The molecule has 3 N–H and O–H groups in total. The van der Waals surface area contributed by atoms with Gasteiger partial charge in [-0.05, 0) is 26.0 Å². The van der Waals surface area contributed by atoms with Gasteiger partial charge in [0.15, 0.2) is 0 Å². The van der Waals surface area contributed by atoms with Crippen molar-refractivity contribution in [3.05, 3.63) is 35.7 Å². The van der Waals surface area contributed by atoms with Gasteiger partial charge in [0.2, 0.25) is 5.91 Å². The molecule has 0 saturated carbocycles. The molecule has 15 heavy (non-hydrogen) atoms. The van der Waals surface area contributed by atoms with Gasteiger partial charge < -0.3 is 11.1 Å². The van der Waals surface area contributed by atoms with E-state index in [9.17, 15) is 4.79 Å². The van der Waals surface area contributed by atoms with Gasteiger partial charge in [0, 0.05) is 12.3 Å². The van der Waals surface area contributed by atoms with Crippen LogP contribution in [0.3, 0.4) is 0 Å². The number of nitrogens with one attached hydrogen (secondary N) is 1. The van der Waals surface area contributed by atoms with E-state index >= 15 is 0 Å². The average molecular weight is 205 g/mol. The largest absolute Gasteiger partial charge is 0.397 e.